The third-order valence-corrected chi connectivity index (χ3v) is 4.80. The first-order valence-corrected chi connectivity index (χ1v) is 7.54. The number of ether oxygens (including phenoxy) is 1. The zero-order valence-electron chi connectivity index (χ0n) is 10.7. The second kappa shape index (κ2) is 5.70. The molecule has 19 heavy (non-hydrogen) atoms. The minimum absolute atomic E-state index is 0.0475. The molecule has 0 spiro atoms. The summed E-state index contributed by atoms with van der Waals surface area (Å²) < 4.78 is 31.9. The Morgan fingerprint density at radius 3 is 2.53 bits per heavy atom. The average molecular weight is 280 g/mol. The topological polar surface area (TPSA) is 79.2 Å². The number of hydrogen-bond acceptors (Lipinski definition) is 4. The van der Waals surface area contributed by atoms with Gasteiger partial charge in [-0.1, -0.05) is 12.1 Å². The highest BCUT2D eigenvalue weighted by molar-refractivity contribution is 7.89. The summed E-state index contributed by atoms with van der Waals surface area (Å²) in [7, 11) is -1.84. The Morgan fingerprint density at radius 2 is 2.00 bits per heavy atom. The lowest BCUT2D eigenvalue weighted by atomic mass is 9.90. The molecule has 1 saturated carbocycles. The Hall–Kier alpha value is -1.42. The molecule has 1 aliphatic carbocycles. The van der Waals surface area contributed by atoms with Gasteiger partial charge in [-0.15, -0.1) is 0 Å². The van der Waals surface area contributed by atoms with Crippen molar-refractivity contribution in [2.75, 3.05) is 7.11 Å². The monoisotopic (exact) mass is 280 g/mol. The molecule has 0 aliphatic heterocycles. The Kier molecular flexibility index (Phi) is 4.20. The number of benzene rings is 1. The van der Waals surface area contributed by atoms with Crippen LogP contribution in [0.5, 0.6) is 0 Å². The number of nitrogens with zero attached hydrogens (tertiary/aromatic N) is 1. The Bertz CT molecular complexity index is 569. The van der Waals surface area contributed by atoms with Gasteiger partial charge in [-0.25, -0.2) is 13.1 Å². The van der Waals surface area contributed by atoms with Crippen LogP contribution in [0.2, 0.25) is 0 Å². The number of nitrogens with one attached hydrogen (secondary N) is 1. The van der Waals surface area contributed by atoms with Crippen molar-refractivity contribution in [2.45, 2.75) is 36.3 Å². The first kappa shape index (κ1) is 14.0. The third kappa shape index (κ3) is 3.32. The first-order chi connectivity index (χ1) is 9.05. The van der Waals surface area contributed by atoms with E-state index in [1.54, 1.807) is 19.2 Å². The van der Waals surface area contributed by atoms with Gasteiger partial charge < -0.3 is 4.74 Å². The molecule has 5 nitrogen and oxygen atoms in total. The fraction of sp³-hybridized carbons (Fsp3) is 0.462. The van der Waals surface area contributed by atoms with E-state index in [0.717, 1.165) is 5.56 Å². The summed E-state index contributed by atoms with van der Waals surface area (Å²) in [5.41, 5.74) is 0.810. The maximum atomic E-state index is 12.1. The zero-order valence-corrected chi connectivity index (χ0v) is 11.5. The molecule has 0 atom stereocenters. The van der Waals surface area contributed by atoms with Crippen molar-refractivity contribution in [3.8, 4) is 6.07 Å². The van der Waals surface area contributed by atoms with Crippen LogP contribution in [0.15, 0.2) is 29.2 Å². The largest absolute Gasteiger partial charge is 0.381 e. The smallest absolute Gasteiger partial charge is 0.240 e. The highest BCUT2D eigenvalue weighted by atomic mass is 32.2. The predicted molar refractivity (Wildman–Crippen MR) is 69.9 cm³/mol. The van der Waals surface area contributed by atoms with Crippen molar-refractivity contribution in [3.05, 3.63) is 29.8 Å². The lowest BCUT2D eigenvalue weighted by Gasteiger charge is -2.34. The van der Waals surface area contributed by atoms with Crippen LogP contribution in [0.4, 0.5) is 0 Å². The SMILES string of the molecule is COC1CC(NS(=O)(=O)c2ccc(CC#N)cc2)C1. The Morgan fingerprint density at radius 1 is 1.37 bits per heavy atom. The number of nitriles is 1. The minimum Gasteiger partial charge on any atom is -0.381 e. The molecule has 1 aromatic rings. The fourth-order valence-corrected chi connectivity index (χ4v) is 3.28. The van der Waals surface area contributed by atoms with E-state index < -0.39 is 10.0 Å². The average Bonchev–Trinajstić information content (AvgIpc) is 2.34. The van der Waals surface area contributed by atoms with Crippen LogP contribution in [0, 0.1) is 11.3 Å². The van der Waals surface area contributed by atoms with Crippen molar-refractivity contribution < 1.29 is 13.2 Å². The molecule has 0 heterocycles. The molecule has 0 radical (unpaired) electrons. The Labute approximate surface area is 113 Å². The van der Waals surface area contributed by atoms with Crippen molar-refractivity contribution in [1.29, 1.82) is 5.26 Å². The summed E-state index contributed by atoms with van der Waals surface area (Å²) in [4.78, 5) is 0.232. The van der Waals surface area contributed by atoms with E-state index in [9.17, 15) is 8.42 Å². The van der Waals surface area contributed by atoms with E-state index >= 15 is 0 Å². The van der Waals surface area contributed by atoms with Gasteiger partial charge in [-0.05, 0) is 30.5 Å². The third-order valence-electron chi connectivity index (χ3n) is 3.27. The fourth-order valence-electron chi connectivity index (χ4n) is 2.02. The maximum absolute atomic E-state index is 12.1. The number of methoxy groups -OCH3 is 1. The van der Waals surface area contributed by atoms with Crippen molar-refractivity contribution in [2.24, 2.45) is 0 Å². The van der Waals surface area contributed by atoms with Crippen molar-refractivity contribution in [3.63, 3.8) is 0 Å². The standard InChI is InChI=1S/C13H16N2O3S/c1-18-12-8-11(9-12)15-19(16,17)13-4-2-10(3-5-13)6-7-14/h2-5,11-12,15H,6,8-9H2,1H3. The molecule has 1 aliphatic rings. The van der Waals surface area contributed by atoms with Crippen LogP contribution >= 0.6 is 0 Å². The second-order valence-corrected chi connectivity index (χ2v) is 6.34. The number of hydrogen-bond donors (Lipinski definition) is 1. The van der Waals surface area contributed by atoms with E-state index in [0.29, 0.717) is 12.8 Å². The summed E-state index contributed by atoms with van der Waals surface area (Å²) in [6, 6.07) is 8.36. The molecule has 6 heteroatoms. The van der Waals surface area contributed by atoms with E-state index in [1.165, 1.54) is 12.1 Å². The van der Waals surface area contributed by atoms with Gasteiger partial charge in [0.15, 0.2) is 0 Å². The van der Waals surface area contributed by atoms with Crippen LogP contribution in [0.3, 0.4) is 0 Å². The normalized spacial score (nSPS) is 22.5. The van der Waals surface area contributed by atoms with Gasteiger partial charge in [-0.2, -0.15) is 5.26 Å². The Balaban J connectivity index is 2.02. The molecule has 2 rings (SSSR count). The van der Waals surface area contributed by atoms with E-state index in [-0.39, 0.29) is 23.5 Å². The molecular weight excluding hydrogens is 264 g/mol. The second-order valence-electron chi connectivity index (χ2n) is 4.63. The molecule has 102 valence electrons. The van der Waals surface area contributed by atoms with Gasteiger partial charge in [0.05, 0.1) is 23.5 Å². The van der Waals surface area contributed by atoms with Gasteiger partial charge in [0.25, 0.3) is 0 Å². The summed E-state index contributed by atoms with van der Waals surface area (Å²) in [6.45, 7) is 0. The summed E-state index contributed by atoms with van der Waals surface area (Å²) >= 11 is 0. The van der Waals surface area contributed by atoms with E-state index in [1.807, 2.05) is 6.07 Å². The first-order valence-electron chi connectivity index (χ1n) is 6.06. The van der Waals surface area contributed by atoms with Gasteiger partial charge in [0.2, 0.25) is 10.0 Å². The quantitative estimate of drug-likeness (QED) is 0.879. The van der Waals surface area contributed by atoms with Crippen molar-refractivity contribution in [1.82, 2.24) is 4.72 Å². The molecule has 0 saturated heterocycles. The van der Waals surface area contributed by atoms with Gasteiger partial charge >= 0.3 is 0 Å². The molecule has 1 aromatic carbocycles. The molecule has 0 bridgehead atoms. The number of sulfonamides is 1. The molecule has 1 N–H and O–H groups in total. The van der Waals surface area contributed by atoms with Crippen molar-refractivity contribution >= 4 is 10.0 Å². The van der Waals surface area contributed by atoms with Crippen LogP contribution in [0.1, 0.15) is 18.4 Å². The maximum Gasteiger partial charge on any atom is 0.240 e. The van der Waals surface area contributed by atoms with Crippen LogP contribution in [0.25, 0.3) is 0 Å². The van der Waals surface area contributed by atoms with Crippen LogP contribution in [-0.2, 0) is 21.2 Å². The molecular formula is C13H16N2O3S. The van der Waals surface area contributed by atoms with Crippen LogP contribution in [-0.4, -0.2) is 27.7 Å². The highest BCUT2D eigenvalue weighted by Crippen LogP contribution is 2.24. The molecule has 0 amide bonds. The summed E-state index contributed by atoms with van der Waals surface area (Å²) in [6.07, 6.45) is 1.86. The van der Waals surface area contributed by atoms with E-state index in [2.05, 4.69) is 4.72 Å². The van der Waals surface area contributed by atoms with Gasteiger partial charge in [0.1, 0.15) is 0 Å². The van der Waals surface area contributed by atoms with Gasteiger partial charge in [-0.3, -0.25) is 0 Å². The molecule has 1 fully saturated rings. The minimum atomic E-state index is -3.47. The van der Waals surface area contributed by atoms with Gasteiger partial charge in [0, 0.05) is 13.2 Å². The summed E-state index contributed by atoms with van der Waals surface area (Å²) in [5.74, 6) is 0. The van der Waals surface area contributed by atoms with Crippen LogP contribution < -0.4 is 4.72 Å². The molecule has 0 aromatic heterocycles. The lowest BCUT2D eigenvalue weighted by Crippen LogP contribution is -2.47. The van der Waals surface area contributed by atoms with E-state index in [4.69, 9.17) is 10.00 Å². The predicted octanol–water partition coefficient (Wildman–Crippen LogP) is 1.21. The lowest BCUT2D eigenvalue weighted by molar-refractivity contribution is 0.0236. The number of rotatable bonds is 5. The highest BCUT2D eigenvalue weighted by Gasteiger charge is 2.32. The molecule has 0 unspecified atom stereocenters. The summed E-state index contributed by atoms with van der Waals surface area (Å²) in [5, 5.41) is 8.56. The zero-order chi connectivity index (χ0) is 13.9.